The normalized spacial score (nSPS) is 13.0. The van der Waals surface area contributed by atoms with Crippen LogP contribution in [0.1, 0.15) is 54.2 Å². The Labute approximate surface area is 332 Å². The fourth-order valence-corrected chi connectivity index (χ4v) is 103. The first-order valence-electron chi connectivity index (χ1n) is 19.3. The van der Waals surface area contributed by atoms with E-state index in [1.807, 2.05) is 0 Å². The third-order valence-corrected chi connectivity index (χ3v) is 76.6. The molecule has 6 aromatic rings. The van der Waals surface area contributed by atoms with Gasteiger partial charge in [0, 0.05) is 0 Å². The predicted molar refractivity (Wildman–Crippen MR) is 247 cm³/mol. The molecule has 287 valence electrons. The quantitative estimate of drug-likeness (QED) is 0.0885. The average Bonchev–Trinajstić information content (AvgIpc) is 3.20. The first kappa shape index (κ1) is 42.1. The molecule has 0 unspecified atom stereocenters. The summed E-state index contributed by atoms with van der Waals surface area (Å²) in [7, 11) is 0. The minimum atomic E-state index is -2.56. The topological polar surface area (TPSA) is 17.1 Å². The van der Waals surface area contributed by atoms with Crippen LogP contribution in [0, 0.1) is 41.5 Å². The van der Waals surface area contributed by atoms with Crippen molar-refractivity contribution in [3.8, 4) is 0 Å². The van der Waals surface area contributed by atoms with Gasteiger partial charge in [-0.3, -0.25) is 4.79 Å². The minimum Gasteiger partial charge on any atom is -0.281 e. The second-order valence-electron chi connectivity index (χ2n) is 14.7. The van der Waals surface area contributed by atoms with Crippen molar-refractivity contribution < 1.29 is 20.1 Å². The molecule has 0 N–H and O–H groups in total. The van der Waals surface area contributed by atoms with Gasteiger partial charge in [-0.2, -0.15) is 0 Å². The number of aryl methyl sites for hydroxylation is 6. The van der Waals surface area contributed by atoms with Crippen molar-refractivity contribution in [2.75, 3.05) is 18.5 Å². The van der Waals surface area contributed by atoms with E-state index in [4.69, 9.17) is 4.79 Å². The smallest absolute Gasteiger partial charge is 0.281 e. The van der Waals surface area contributed by atoms with Gasteiger partial charge in [0.15, 0.2) is 0 Å². The van der Waals surface area contributed by atoms with Crippen LogP contribution in [0.3, 0.4) is 0 Å². The summed E-state index contributed by atoms with van der Waals surface area (Å²) in [6, 6.07) is 60.0. The largest absolute Gasteiger partial charge is 0.281 e. The van der Waals surface area contributed by atoms with Crippen molar-refractivity contribution in [1.82, 2.24) is 0 Å². The molecule has 2 radical (unpaired) electrons. The molecular weight excluding hydrogens is 804 g/mol. The van der Waals surface area contributed by atoms with Crippen molar-refractivity contribution >= 4 is 55.0 Å². The Morgan fingerprint density at radius 2 is 0.444 bits per heavy atom. The van der Waals surface area contributed by atoms with E-state index in [0.717, 1.165) is 0 Å². The van der Waals surface area contributed by atoms with Crippen LogP contribution in [-0.4, -0.2) is 25.3 Å². The van der Waals surface area contributed by atoms with E-state index in [1.165, 1.54) is 51.9 Å². The van der Waals surface area contributed by atoms with Gasteiger partial charge in [-0.05, 0) is 0 Å². The molecule has 0 aliphatic heterocycles. The molecule has 0 amide bonds. The van der Waals surface area contributed by atoms with Crippen LogP contribution in [-0.2, 0) is 20.1 Å². The van der Waals surface area contributed by atoms with Crippen LogP contribution < -0.4 is 31.8 Å². The van der Waals surface area contributed by atoms with Crippen molar-refractivity contribution in [2.24, 2.45) is 0 Å². The summed E-state index contributed by atoms with van der Waals surface area (Å²) >= 11 is -1.63. The number of rotatable bonds is 12. The first-order chi connectivity index (χ1) is 26.0. The molecule has 0 spiro atoms. The van der Waals surface area contributed by atoms with Crippen molar-refractivity contribution in [1.29, 1.82) is 0 Å². The van der Waals surface area contributed by atoms with Gasteiger partial charge in [-0.15, -0.1) is 0 Å². The Morgan fingerprint density at radius 1 is 0.315 bits per heavy atom. The Morgan fingerprint density at radius 3 is 0.556 bits per heavy atom. The summed E-state index contributed by atoms with van der Waals surface area (Å²) in [6.07, 6.45) is 3.58. The number of hydrogen-bond donors (Lipinski definition) is 0. The second-order valence-corrected chi connectivity index (χ2v) is 49.1. The van der Waals surface area contributed by atoms with Crippen molar-refractivity contribution in [3.05, 3.63) is 179 Å². The molecule has 0 heterocycles. The Bertz CT molecular complexity index is 1710. The Balaban J connectivity index is 0.00000276. The molecule has 0 fully saturated rings. The van der Waals surface area contributed by atoms with Crippen LogP contribution in [0.2, 0.25) is 0 Å². The van der Waals surface area contributed by atoms with E-state index in [9.17, 15) is 0 Å². The van der Waals surface area contributed by atoms with E-state index in [2.05, 4.69) is 215 Å². The maximum absolute atomic E-state index is 7.50. The van der Waals surface area contributed by atoms with E-state index in [-0.39, 0.29) is 0 Å². The molecule has 0 saturated carbocycles. The molecule has 0 saturated heterocycles. The summed E-state index contributed by atoms with van der Waals surface area (Å²) in [6.45, 7) is 25.8. The minimum absolute atomic E-state index is 1.19. The van der Waals surface area contributed by atoms with Gasteiger partial charge in [-0.25, -0.2) is 0 Å². The summed E-state index contributed by atoms with van der Waals surface area (Å²) in [5.41, 5.74) is 0.386. The van der Waals surface area contributed by atoms with Crippen LogP contribution in [0.4, 0.5) is 0 Å². The zero-order valence-corrected chi connectivity index (χ0v) is 38.3. The van der Waals surface area contributed by atoms with Gasteiger partial charge in [-0.1, -0.05) is 0 Å². The number of benzene rings is 6. The third-order valence-electron chi connectivity index (χ3n) is 11.2. The molecule has 0 aromatic heterocycles. The van der Waals surface area contributed by atoms with Gasteiger partial charge < -0.3 is 0 Å². The Hall–Kier alpha value is -3.06. The maximum atomic E-state index is 7.50. The van der Waals surface area contributed by atoms with Crippen LogP contribution >= 0.6 is 16.4 Å². The van der Waals surface area contributed by atoms with Gasteiger partial charge >= 0.3 is 323 Å². The average molecular weight is 864 g/mol. The molecule has 5 heteroatoms. The maximum Gasteiger partial charge on any atom is 0.281 e. The molecule has 1 nitrogen and oxygen atoms in total. The Kier molecular flexibility index (Phi) is 14.2. The SMILES string of the molecule is CC[PH](c1ccc(C)cc1)(c1ccc(C)cc1)[Pd]([PH](CC)(c1ccc(C)cc1)c1ccc(C)cc1)[PH](CC)(c1ccc(C)cc1)c1ccc(C)cc1.[C]=O. The zero-order valence-electron chi connectivity index (χ0n) is 33.7. The van der Waals surface area contributed by atoms with E-state index in [1.54, 1.807) is 31.8 Å². The summed E-state index contributed by atoms with van der Waals surface area (Å²) in [4.78, 5) is 7.50. The van der Waals surface area contributed by atoms with E-state index >= 15 is 0 Å². The number of carbonyl (C=O) groups excluding carboxylic acids is 1. The molecule has 54 heavy (non-hydrogen) atoms. The molecule has 0 aliphatic carbocycles. The molecular formula is C49H60OP3Pd. The molecule has 6 aromatic carbocycles. The van der Waals surface area contributed by atoms with Crippen molar-refractivity contribution in [3.63, 3.8) is 0 Å². The number of hydrogen-bond acceptors (Lipinski definition) is 1. The van der Waals surface area contributed by atoms with E-state index < -0.39 is 31.6 Å². The molecule has 0 aliphatic rings. The van der Waals surface area contributed by atoms with Crippen LogP contribution in [0.5, 0.6) is 0 Å². The standard InChI is InChI=1S/3C16H19P.CO.Pd/c3*1-4-17(15-9-5-13(2)6-10-15)16-11-7-14(3)8-12-16;1-2;/h3*5-12H,4H2,1-3H3;;/q;;;;-3/p+3. The summed E-state index contributed by atoms with van der Waals surface area (Å²) in [5.74, 6) is 0. The summed E-state index contributed by atoms with van der Waals surface area (Å²) in [5, 5.41) is 9.83. The van der Waals surface area contributed by atoms with Crippen molar-refractivity contribution in [2.45, 2.75) is 62.3 Å². The van der Waals surface area contributed by atoms with E-state index in [0.29, 0.717) is 0 Å². The second kappa shape index (κ2) is 18.3. The van der Waals surface area contributed by atoms with Gasteiger partial charge in [0.05, 0.1) is 0 Å². The fourth-order valence-electron chi connectivity index (χ4n) is 8.14. The van der Waals surface area contributed by atoms with Crippen LogP contribution in [0.25, 0.3) is 0 Å². The first-order valence-corrected chi connectivity index (χ1v) is 32.4. The summed E-state index contributed by atoms with van der Waals surface area (Å²) < 4.78 is 0. The zero-order chi connectivity index (χ0) is 39.1. The molecule has 0 bridgehead atoms. The monoisotopic (exact) mass is 863 g/mol. The van der Waals surface area contributed by atoms with Gasteiger partial charge in [0.1, 0.15) is 0 Å². The molecule has 0 atom stereocenters. The fraction of sp³-hybridized carbons (Fsp3) is 0.245. The van der Waals surface area contributed by atoms with Gasteiger partial charge in [0.25, 0.3) is 6.79 Å². The third kappa shape index (κ3) is 7.82. The molecule has 6 rings (SSSR count). The predicted octanol–water partition coefficient (Wildman–Crippen LogP) is 10.1. The van der Waals surface area contributed by atoms with Gasteiger partial charge in [0.2, 0.25) is 0 Å². The van der Waals surface area contributed by atoms with Crippen LogP contribution in [0.15, 0.2) is 146 Å².